The molecule has 0 atom stereocenters. The van der Waals surface area contributed by atoms with E-state index in [9.17, 15) is 4.39 Å². The normalized spacial score (nSPS) is 11.4. The fourth-order valence-corrected chi connectivity index (χ4v) is 1.60. The predicted molar refractivity (Wildman–Crippen MR) is 72.2 cm³/mol. The molecule has 2 aromatic rings. The highest BCUT2D eigenvalue weighted by molar-refractivity contribution is 6.29. The van der Waals surface area contributed by atoms with Gasteiger partial charge in [-0.25, -0.2) is 9.37 Å². The number of para-hydroxylation sites is 1. The predicted octanol–water partition coefficient (Wildman–Crippen LogP) is 4.36. The molecule has 0 aliphatic heterocycles. The topological polar surface area (TPSA) is 35.0 Å². The van der Waals surface area contributed by atoms with Gasteiger partial charge in [-0.1, -0.05) is 44.5 Å². The monoisotopic (exact) mass is 280 g/mol. The molecule has 3 nitrogen and oxygen atoms in total. The van der Waals surface area contributed by atoms with Crippen LogP contribution in [0, 0.1) is 5.82 Å². The molecule has 100 valence electrons. The van der Waals surface area contributed by atoms with E-state index in [1.807, 2.05) is 20.8 Å². The lowest BCUT2D eigenvalue weighted by Gasteiger charge is -2.17. The van der Waals surface area contributed by atoms with Gasteiger partial charge >= 0.3 is 0 Å². The number of nitrogens with zero attached hydrogens (tertiary/aromatic N) is 2. The quantitative estimate of drug-likeness (QED) is 0.767. The van der Waals surface area contributed by atoms with E-state index in [2.05, 4.69) is 9.97 Å². The summed E-state index contributed by atoms with van der Waals surface area (Å²) in [6.07, 6.45) is 0. The summed E-state index contributed by atoms with van der Waals surface area (Å²) in [7, 11) is 0. The second-order valence-corrected chi connectivity index (χ2v) is 5.52. The molecule has 2 rings (SSSR count). The Morgan fingerprint density at radius 2 is 1.84 bits per heavy atom. The smallest absolute Gasteiger partial charge is 0.224 e. The van der Waals surface area contributed by atoms with Crippen LogP contribution < -0.4 is 4.74 Å². The second-order valence-electron chi connectivity index (χ2n) is 5.13. The zero-order valence-corrected chi connectivity index (χ0v) is 11.7. The molecule has 5 heteroatoms. The van der Waals surface area contributed by atoms with Crippen LogP contribution in [0.1, 0.15) is 26.6 Å². The maximum absolute atomic E-state index is 13.5. The lowest BCUT2D eigenvalue weighted by molar-refractivity contribution is 0.417. The zero-order chi connectivity index (χ0) is 14.0. The average Bonchev–Trinajstić information content (AvgIpc) is 2.30. The SMILES string of the molecule is CC(C)(C)c1nc(Cl)cc(Oc2ccccc2F)n1. The molecule has 1 heterocycles. The van der Waals surface area contributed by atoms with Gasteiger partial charge in [0, 0.05) is 11.5 Å². The van der Waals surface area contributed by atoms with Crippen LogP contribution in [0.25, 0.3) is 0 Å². The highest BCUT2D eigenvalue weighted by atomic mass is 35.5. The molecule has 0 N–H and O–H groups in total. The van der Waals surface area contributed by atoms with Gasteiger partial charge in [-0.2, -0.15) is 4.98 Å². The zero-order valence-electron chi connectivity index (χ0n) is 10.9. The number of benzene rings is 1. The Hall–Kier alpha value is -1.68. The van der Waals surface area contributed by atoms with Gasteiger partial charge in [0.05, 0.1) is 0 Å². The first kappa shape index (κ1) is 13.7. The van der Waals surface area contributed by atoms with Crippen LogP contribution in [-0.4, -0.2) is 9.97 Å². The van der Waals surface area contributed by atoms with E-state index in [0.717, 1.165) is 0 Å². The van der Waals surface area contributed by atoms with Crippen LogP contribution in [0.4, 0.5) is 4.39 Å². The minimum Gasteiger partial charge on any atom is -0.436 e. The van der Waals surface area contributed by atoms with Gasteiger partial charge in [-0.3, -0.25) is 0 Å². The van der Waals surface area contributed by atoms with Crippen molar-refractivity contribution in [1.29, 1.82) is 0 Å². The lowest BCUT2D eigenvalue weighted by Crippen LogP contribution is -2.16. The Morgan fingerprint density at radius 1 is 1.16 bits per heavy atom. The summed E-state index contributed by atoms with van der Waals surface area (Å²) >= 11 is 5.94. The first-order valence-corrected chi connectivity index (χ1v) is 6.21. The van der Waals surface area contributed by atoms with Gasteiger partial charge in [0.15, 0.2) is 11.6 Å². The summed E-state index contributed by atoms with van der Waals surface area (Å²) in [5.41, 5.74) is -0.266. The van der Waals surface area contributed by atoms with Crippen molar-refractivity contribution in [2.45, 2.75) is 26.2 Å². The summed E-state index contributed by atoms with van der Waals surface area (Å²) in [4.78, 5) is 8.41. The van der Waals surface area contributed by atoms with E-state index in [1.54, 1.807) is 12.1 Å². The van der Waals surface area contributed by atoms with Crippen molar-refractivity contribution >= 4 is 11.6 Å². The maximum Gasteiger partial charge on any atom is 0.224 e. The molecule has 0 saturated heterocycles. The molecule has 1 aromatic heterocycles. The molecule has 0 aliphatic carbocycles. The molecule has 19 heavy (non-hydrogen) atoms. The third-order valence-electron chi connectivity index (χ3n) is 2.39. The number of ether oxygens (including phenoxy) is 1. The van der Waals surface area contributed by atoms with Crippen LogP contribution in [0.3, 0.4) is 0 Å². The molecular weight excluding hydrogens is 267 g/mol. The van der Waals surface area contributed by atoms with Gasteiger partial charge in [-0.15, -0.1) is 0 Å². The molecule has 0 aliphatic rings. The molecular formula is C14H14ClFN2O. The van der Waals surface area contributed by atoms with Crippen LogP contribution in [0.2, 0.25) is 5.15 Å². The van der Waals surface area contributed by atoms with Gasteiger partial charge in [0.1, 0.15) is 11.0 Å². The van der Waals surface area contributed by atoms with Crippen LogP contribution in [-0.2, 0) is 5.41 Å². The second kappa shape index (κ2) is 5.13. The van der Waals surface area contributed by atoms with Crippen molar-refractivity contribution in [3.05, 3.63) is 47.1 Å². The van der Waals surface area contributed by atoms with E-state index in [-0.39, 0.29) is 22.2 Å². The number of hydrogen-bond donors (Lipinski definition) is 0. The van der Waals surface area contributed by atoms with E-state index < -0.39 is 5.82 Å². The third kappa shape index (κ3) is 3.41. The van der Waals surface area contributed by atoms with Crippen LogP contribution >= 0.6 is 11.6 Å². The number of rotatable bonds is 2. The number of halogens is 2. The molecule has 0 fully saturated rings. The number of hydrogen-bond acceptors (Lipinski definition) is 3. The fourth-order valence-electron chi connectivity index (χ4n) is 1.42. The maximum atomic E-state index is 13.5. The minimum atomic E-state index is -0.449. The van der Waals surface area contributed by atoms with Crippen molar-refractivity contribution < 1.29 is 9.13 Å². The Balaban J connectivity index is 2.36. The largest absolute Gasteiger partial charge is 0.436 e. The van der Waals surface area contributed by atoms with Gasteiger partial charge in [0.2, 0.25) is 5.88 Å². The van der Waals surface area contributed by atoms with Crippen molar-refractivity contribution in [1.82, 2.24) is 9.97 Å². The summed E-state index contributed by atoms with van der Waals surface area (Å²) in [6.45, 7) is 5.89. The summed E-state index contributed by atoms with van der Waals surface area (Å²) in [6, 6.07) is 7.59. The van der Waals surface area contributed by atoms with Crippen LogP contribution in [0.15, 0.2) is 30.3 Å². The fraction of sp³-hybridized carbons (Fsp3) is 0.286. The lowest BCUT2D eigenvalue weighted by atomic mass is 9.96. The molecule has 0 amide bonds. The van der Waals surface area contributed by atoms with Crippen molar-refractivity contribution in [3.8, 4) is 11.6 Å². The molecule has 1 aromatic carbocycles. The number of aromatic nitrogens is 2. The molecule has 0 bridgehead atoms. The highest BCUT2D eigenvalue weighted by Crippen LogP contribution is 2.27. The van der Waals surface area contributed by atoms with E-state index in [1.165, 1.54) is 18.2 Å². The summed E-state index contributed by atoms with van der Waals surface area (Å²) < 4.78 is 18.9. The molecule has 0 radical (unpaired) electrons. The molecule has 0 saturated carbocycles. The Labute approximate surface area is 116 Å². The Morgan fingerprint density at radius 3 is 2.47 bits per heavy atom. The average molecular weight is 281 g/mol. The van der Waals surface area contributed by atoms with Gasteiger partial charge < -0.3 is 4.74 Å². The van der Waals surface area contributed by atoms with Gasteiger partial charge in [-0.05, 0) is 12.1 Å². The standard InChI is InChI=1S/C14H14ClFN2O/c1-14(2,3)13-17-11(15)8-12(18-13)19-10-7-5-4-6-9(10)16/h4-8H,1-3H3. The van der Waals surface area contributed by atoms with Crippen molar-refractivity contribution in [3.63, 3.8) is 0 Å². The van der Waals surface area contributed by atoms with E-state index >= 15 is 0 Å². The highest BCUT2D eigenvalue weighted by Gasteiger charge is 2.19. The van der Waals surface area contributed by atoms with Crippen LogP contribution in [0.5, 0.6) is 11.6 Å². The van der Waals surface area contributed by atoms with E-state index in [0.29, 0.717) is 5.82 Å². The molecule has 0 spiro atoms. The first-order valence-electron chi connectivity index (χ1n) is 5.84. The van der Waals surface area contributed by atoms with Crippen molar-refractivity contribution in [2.75, 3.05) is 0 Å². The van der Waals surface area contributed by atoms with Gasteiger partial charge in [0.25, 0.3) is 0 Å². The Kier molecular flexibility index (Phi) is 3.71. The Bertz CT molecular complexity index is 596. The first-order chi connectivity index (χ1) is 8.86. The molecule has 0 unspecified atom stereocenters. The van der Waals surface area contributed by atoms with E-state index in [4.69, 9.17) is 16.3 Å². The summed E-state index contributed by atoms with van der Waals surface area (Å²) in [5, 5.41) is 0.270. The minimum absolute atomic E-state index is 0.108. The third-order valence-corrected chi connectivity index (χ3v) is 2.59. The van der Waals surface area contributed by atoms with Crippen molar-refractivity contribution in [2.24, 2.45) is 0 Å². The summed E-state index contributed by atoms with van der Waals surface area (Å²) in [5.74, 6) is 0.438.